The lowest BCUT2D eigenvalue weighted by Gasteiger charge is -2.17. The summed E-state index contributed by atoms with van der Waals surface area (Å²) in [6.45, 7) is 1.71. The van der Waals surface area contributed by atoms with Crippen LogP contribution < -0.4 is 20.1 Å². The molecule has 1 aliphatic rings. The number of hydrogen-bond acceptors (Lipinski definition) is 6. The lowest BCUT2D eigenvalue weighted by Crippen LogP contribution is -2.34. The van der Waals surface area contributed by atoms with E-state index in [2.05, 4.69) is 20.6 Å². The lowest BCUT2D eigenvalue weighted by atomic mass is 10.0. The van der Waals surface area contributed by atoms with Crippen LogP contribution in [-0.2, 0) is 4.79 Å². The molecule has 0 aliphatic carbocycles. The Labute approximate surface area is 149 Å². The molecule has 0 spiro atoms. The first-order valence-corrected chi connectivity index (χ1v) is 8.09. The minimum atomic E-state index is -1.54. The van der Waals surface area contributed by atoms with Crippen molar-refractivity contribution >= 4 is 22.7 Å². The van der Waals surface area contributed by atoms with Crippen LogP contribution in [0.25, 0.3) is 10.9 Å². The number of aromatic nitrogens is 2. The van der Waals surface area contributed by atoms with Crippen molar-refractivity contribution in [2.24, 2.45) is 5.92 Å². The van der Waals surface area contributed by atoms with Gasteiger partial charge < -0.3 is 20.1 Å². The molecule has 0 saturated carbocycles. The second kappa shape index (κ2) is 7.11. The molecule has 138 valence electrons. The number of carbonyl (C=O) groups is 2. The summed E-state index contributed by atoms with van der Waals surface area (Å²) in [6, 6.07) is 2.81. The average Bonchev–Trinajstić information content (AvgIpc) is 2.91. The predicted molar refractivity (Wildman–Crippen MR) is 91.0 cm³/mol. The maximum absolute atomic E-state index is 13.6. The molecule has 2 N–H and O–H groups in total. The quantitative estimate of drug-likeness (QED) is 0.818. The van der Waals surface area contributed by atoms with E-state index in [0.29, 0.717) is 10.9 Å². The monoisotopic (exact) mass is 362 g/mol. The van der Waals surface area contributed by atoms with Crippen molar-refractivity contribution in [2.75, 3.05) is 20.8 Å². The smallest absolute Gasteiger partial charge is 0.273 e. The Morgan fingerprint density at radius 3 is 2.85 bits per heavy atom. The number of ether oxygens (including phenoxy) is 2. The molecular weight excluding hydrogens is 343 g/mol. The number of nitrogens with one attached hydrogen (secondary N) is 2. The zero-order valence-corrected chi connectivity index (χ0v) is 14.6. The number of methoxy groups -OCH3 is 1. The topological polar surface area (TPSA) is 102 Å². The zero-order valence-electron chi connectivity index (χ0n) is 14.6. The predicted octanol–water partition coefficient (Wildman–Crippen LogP) is 0.849. The number of alkyl halides is 1. The molecule has 3 heterocycles. The molecule has 1 fully saturated rings. The van der Waals surface area contributed by atoms with Gasteiger partial charge in [0, 0.05) is 19.2 Å². The van der Waals surface area contributed by atoms with Crippen molar-refractivity contribution < 1.29 is 23.5 Å². The van der Waals surface area contributed by atoms with Crippen LogP contribution >= 0.6 is 0 Å². The first-order valence-electron chi connectivity index (χ1n) is 8.09. The third-order valence-corrected chi connectivity index (χ3v) is 4.41. The minimum Gasteiger partial charge on any atom is -0.494 e. The van der Waals surface area contributed by atoms with Crippen molar-refractivity contribution in [3.63, 3.8) is 0 Å². The number of carbonyl (C=O) groups excluding carboxylic acids is 2. The van der Waals surface area contributed by atoms with Crippen LogP contribution in [0, 0.1) is 5.92 Å². The van der Waals surface area contributed by atoms with Gasteiger partial charge in [-0.25, -0.2) is 14.4 Å². The Bertz CT molecular complexity index is 860. The SMILES string of the molecule is CNC(=O)c1nc2ccnc(OC[C@H]3NC(=O)[C@@H](F)[C@H]3C)c2cc1OC. The normalized spacial score (nSPS) is 22.2. The lowest BCUT2D eigenvalue weighted by molar-refractivity contribution is -0.123. The first kappa shape index (κ1) is 17.8. The molecule has 0 bridgehead atoms. The highest BCUT2D eigenvalue weighted by atomic mass is 19.1. The van der Waals surface area contributed by atoms with Gasteiger partial charge in [-0.2, -0.15) is 0 Å². The number of hydrogen-bond donors (Lipinski definition) is 2. The molecule has 8 nitrogen and oxygen atoms in total. The van der Waals surface area contributed by atoms with Crippen molar-refractivity contribution in [1.82, 2.24) is 20.6 Å². The van der Waals surface area contributed by atoms with Crippen LogP contribution in [0.1, 0.15) is 17.4 Å². The number of halogens is 1. The van der Waals surface area contributed by atoms with E-state index in [-0.39, 0.29) is 29.8 Å². The first-order chi connectivity index (χ1) is 12.5. The van der Waals surface area contributed by atoms with E-state index in [1.807, 2.05) is 0 Å². The van der Waals surface area contributed by atoms with E-state index >= 15 is 0 Å². The molecule has 0 radical (unpaired) electrons. The Hall–Kier alpha value is -2.97. The summed E-state index contributed by atoms with van der Waals surface area (Å²) in [5, 5.41) is 5.62. The van der Waals surface area contributed by atoms with Crippen LogP contribution in [0.2, 0.25) is 0 Å². The summed E-state index contributed by atoms with van der Waals surface area (Å²) < 4.78 is 24.6. The minimum absolute atomic E-state index is 0.0684. The molecule has 0 unspecified atom stereocenters. The number of fused-ring (bicyclic) bond motifs is 1. The average molecular weight is 362 g/mol. The van der Waals surface area contributed by atoms with E-state index in [0.717, 1.165) is 0 Å². The van der Waals surface area contributed by atoms with Gasteiger partial charge in [-0.05, 0) is 12.1 Å². The third-order valence-electron chi connectivity index (χ3n) is 4.41. The van der Waals surface area contributed by atoms with Crippen LogP contribution in [0.3, 0.4) is 0 Å². The fraction of sp³-hybridized carbons (Fsp3) is 0.412. The van der Waals surface area contributed by atoms with Gasteiger partial charge in [0.1, 0.15) is 6.61 Å². The van der Waals surface area contributed by atoms with Crippen molar-refractivity contribution in [3.05, 3.63) is 24.0 Å². The summed E-state index contributed by atoms with van der Waals surface area (Å²) in [7, 11) is 2.94. The summed E-state index contributed by atoms with van der Waals surface area (Å²) in [5.74, 6) is -0.957. The van der Waals surface area contributed by atoms with Crippen molar-refractivity contribution in [2.45, 2.75) is 19.1 Å². The van der Waals surface area contributed by atoms with Crippen LogP contribution in [0.4, 0.5) is 4.39 Å². The molecule has 26 heavy (non-hydrogen) atoms. The second-order valence-electron chi connectivity index (χ2n) is 5.99. The van der Waals surface area contributed by atoms with E-state index in [1.54, 1.807) is 19.1 Å². The molecule has 9 heteroatoms. The van der Waals surface area contributed by atoms with Crippen LogP contribution in [0.5, 0.6) is 11.6 Å². The maximum Gasteiger partial charge on any atom is 0.273 e. The van der Waals surface area contributed by atoms with Gasteiger partial charge >= 0.3 is 0 Å². The largest absolute Gasteiger partial charge is 0.494 e. The van der Waals surface area contributed by atoms with Gasteiger partial charge in [-0.3, -0.25) is 9.59 Å². The number of amides is 2. The fourth-order valence-corrected chi connectivity index (χ4v) is 2.80. The molecular formula is C17H19FN4O4. The fourth-order valence-electron chi connectivity index (χ4n) is 2.80. The molecule has 2 aromatic rings. The molecule has 3 atom stereocenters. The summed E-state index contributed by atoms with van der Waals surface area (Å²) in [4.78, 5) is 31.8. The third kappa shape index (κ3) is 3.12. The zero-order chi connectivity index (χ0) is 18.8. The highest BCUT2D eigenvalue weighted by molar-refractivity contribution is 5.98. The Morgan fingerprint density at radius 1 is 1.46 bits per heavy atom. The van der Waals surface area contributed by atoms with Gasteiger partial charge in [0.25, 0.3) is 11.8 Å². The number of pyridine rings is 2. The van der Waals surface area contributed by atoms with Gasteiger partial charge in [-0.15, -0.1) is 0 Å². The standard InChI is InChI=1S/C17H19FN4O4/c1-8-11(22-15(23)13(8)18)7-26-17-9-6-12(25-3)14(16(24)19-2)21-10(9)4-5-20-17/h4-6,8,11,13H,7H2,1-3H3,(H,19,24)(H,22,23)/t8-,11+,13-/m0/s1. The summed E-state index contributed by atoms with van der Waals surface area (Å²) in [6.07, 6.45) is -0.0414. The van der Waals surface area contributed by atoms with Gasteiger partial charge in [-0.1, -0.05) is 6.92 Å². The highest BCUT2D eigenvalue weighted by Gasteiger charge is 2.40. The van der Waals surface area contributed by atoms with Crippen molar-refractivity contribution in [3.8, 4) is 11.6 Å². The highest BCUT2D eigenvalue weighted by Crippen LogP contribution is 2.29. The molecule has 2 aromatic heterocycles. The molecule has 1 aliphatic heterocycles. The number of nitrogens with zero attached hydrogens (tertiary/aromatic N) is 2. The van der Waals surface area contributed by atoms with Gasteiger partial charge in [0.05, 0.1) is 24.1 Å². The Morgan fingerprint density at radius 2 is 2.23 bits per heavy atom. The van der Waals surface area contributed by atoms with Crippen LogP contribution in [0.15, 0.2) is 18.3 Å². The molecule has 0 aromatic carbocycles. The Balaban J connectivity index is 1.89. The summed E-state index contributed by atoms with van der Waals surface area (Å²) in [5.41, 5.74) is 0.651. The van der Waals surface area contributed by atoms with Gasteiger partial charge in [0.15, 0.2) is 17.6 Å². The van der Waals surface area contributed by atoms with E-state index < -0.39 is 24.0 Å². The number of rotatable bonds is 5. The second-order valence-corrected chi connectivity index (χ2v) is 5.99. The molecule has 2 amide bonds. The Kier molecular flexibility index (Phi) is 4.88. The van der Waals surface area contributed by atoms with E-state index in [1.165, 1.54) is 20.4 Å². The summed E-state index contributed by atoms with van der Waals surface area (Å²) >= 11 is 0. The van der Waals surface area contributed by atoms with Crippen LogP contribution in [-0.4, -0.2) is 54.8 Å². The van der Waals surface area contributed by atoms with E-state index in [9.17, 15) is 14.0 Å². The molecule has 1 saturated heterocycles. The van der Waals surface area contributed by atoms with E-state index in [4.69, 9.17) is 9.47 Å². The van der Waals surface area contributed by atoms with Gasteiger partial charge in [0.2, 0.25) is 5.88 Å². The maximum atomic E-state index is 13.6. The van der Waals surface area contributed by atoms with Crippen molar-refractivity contribution in [1.29, 1.82) is 0 Å². The molecule has 3 rings (SSSR count).